The van der Waals surface area contributed by atoms with Crippen molar-refractivity contribution < 1.29 is 4.92 Å². The molecule has 1 aromatic rings. The van der Waals surface area contributed by atoms with Gasteiger partial charge in [0, 0.05) is 23.2 Å². The van der Waals surface area contributed by atoms with Crippen LogP contribution in [0.15, 0.2) is 22.7 Å². The van der Waals surface area contributed by atoms with Crippen molar-refractivity contribution in [1.29, 1.82) is 0 Å². The minimum Gasteiger partial charge on any atom is -0.300 e. The fraction of sp³-hybridized carbons (Fsp3) is 0.273. The van der Waals surface area contributed by atoms with Gasteiger partial charge in [-0.25, -0.2) is 0 Å². The van der Waals surface area contributed by atoms with Crippen LogP contribution in [0, 0.1) is 22.5 Å². The van der Waals surface area contributed by atoms with Crippen molar-refractivity contribution in [2.45, 2.75) is 19.5 Å². The Kier molecular flexibility index (Phi) is 4.47. The highest BCUT2D eigenvalue weighted by atomic mass is 79.9. The zero-order chi connectivity index (χ0) is 12.1. The number of nitro benzene ring substituents is 1. The van der Waals surface area contributed by atoms with Crippen molar-refractivity contribution in [1.82, 2.24) is 5.32 Å². The largest absolute Gasteiger partial charge is 0.300 e. The molecule has 0 fully saturated rings. The Labute approximate surface area is 102 Å². The van der Waals surface area contributed by atoms with Crippen LogP contribution in [0.3, 0.4) is 0 Å². The van der Waals surface area contributed by atoms with Crippen LogP contribution in [-0.2, 0) is 6.54 Å². The maximum atomic E-state index is 10.6. The Morgan fingerprint density at radius 1 is 1.62 bits per heavy atom. The molecule has 0 heterocycles. The van der Waals surface area contributed by atoms with Crippen LogP contribution in [0.5, 0.6) is 0 Å². The van der Waals surface area contributed by atoms with E-state index in [1.165, 1.54) is 12.1 Å². The molecule has 5 heteroatoms. The van der Waals surface area contributed by atoms with E-state index < -0.39 is 4.92 Å². The molecular formula is C11H11BrN2O2. The summed E-state index contributed by atoms with van der Waals surface area (Å²) in [5.41, 5.74) is 0.891. The lowest BCUT2D eigenvalue weighted by Crippen LogP contribution is -2.23. The molecule has 0 aliphatic carbocycles. The third kappa shape index (κ3) is 3.65. The van der Waals surface area contributed by atoms with Crippen molar-refractivity contribution in [3.8, 4) is 12.3 Å². The van der Waals surface area contributed by atoms with Crippen LogP contribution in [0.4, 0.5) is 5.69 Å². The number of benzene rings is 1. The summed E-state index contributed by atoms with van der Waals surface area (Å²) in [6, 6.07) is 4.76. The fourth-order valence-electron chi connectivity index (χ4n) is 1.17. The first-order chi connectivity index (χ1) is 7.52. The molecule has 1 N–H and O–H groups in total. The van der Waals surface area contributed by atoms with E-state index in [9.17, 15) is 10.1 Å². The predicted octanol–water partition coefficient (Wildman–Crippen LogP) is 2.47. The molecule has 1 unspecified atom stereocenters. The summed E-state index contributed by atoms with van der Waals surface area (Å²) in [6.07, 6.45) is 5.21. The summed E-state index contributed by atoms with van der Waals surface area (Å²) in [7, 11) is 0. The van der Waals surface area contributed by atoms with Crippen molar-refractivity contribution in [2.75, 3.05) is 0 Å². The quantitative estimate of drug-likeness (QED) is 0.524. The molecule has 0 saturated heterocycles. The Hall–Kier alpha value is -1.38. The Bertz CT molecular complexity index is 440. The predicted molar refractivity (Wildman–Crippen MR) is 65.9 cm³/mol. The van der Waals surface area contributed by atoms with Crippen molar-refractivity contribution in [2.24, 2.45) is 0 Å². The number of non-ortho nitro benzene ring substituents is 1. The molecule has 0 aliphatic rings. The first kappa shape index (κ1) is 12.7. The van der Waals surface area contributed by atoms with Crippen LogP contribution in [0.1, 0.15) is 12.5 Å². The van der Waals surface area contributed by atoms with Crippen LogP contribution in [0.25, 0.3) is 0 Å². The van der Waals surface area contributed by atoms with Gasteiger partial charge in [-0.2, -0.15) is 0 Å². The van der Waals surface area contributed by atoms with Gasteiger partial charge in [-0.05, 0) is 18.6 Å². The minimum absolute atomic E-state index is 0.0574. The van der Waals surface area contributed by atoms with Gasteiger partial charge in [0.15, 0.2) is 0 Å². The summed E-state index contributed by atoms with van der Waals surface area (Å²) >= 11 is 3.23. The average molecular weight is 283 g/mol. The first-order valence-electron chi connectivity index (χ1n) is 4.66. The molecule has 4 nitrogen and oxygen atoms in total. The third-order valence-electron chi connectivity index (χ3n) is 2.02. The summed E-state index contributed by atoms with van der Waals surface area (Å²) in [5, 5.41) is 13.7. The Balaban J connectivity index is 2.81. The summed E-state index contributed by atoms with van der Waals surface area (Å²) in [4.78, 5) is 10.2. The van der Waals surface area contributed by atoms with Gasteiger partial charge in [-0.1, -0.05) is 21.9 Å². The number of nitrogens with one attached hydrogen (secondary N) is 1. The number of rotatable bonds is 4. The van der Waals surface area contributed by atoms with Crippen molar-refractivity contribution >= 4 is 21.6 Å². The van der Waals surface area contributed by atoms with Gasteiger partial charge in [0.1, 0.15) is 0 Å². The highest BCUT2D eigenvalue weighted by Gasteiger charge is 2.08. The van der Waals surface area contributed by atoms with Gasteiger partial charge in [0.05, 0.1) is 11.0 Å². The van der Waals surface area contributed by atoms with E-state index >= 15 is 0 Å². The summed E-state index contributed by atoms with van der Waals surface area (Å²) in [5.74, 6) is 2.53. The highest BCUT2D eigenvalue weighted by molar-refractivity contribution is 9.10. The van der Waals surface area contributed by atoms with Crippen LogP contribution in [-0.4, -0.2) is 11.0 Å². The fourth-order valence-corrected chi connectivity index (χ4v) is 1.70. The number of terminal acetylenes is 1. The van der Waals surface area contributed by atoms with E-state index in [4.69, 9.17) is 6.42 Å². The van der Waals surface area contributed by atoms with Crippen LogP contribution in [0.2, 0.25) is 0 Å². The lowest BCUT2D eigenvalue weighted by atomic mass is 10.2. The second kappa shape index (κ2) is 5.64. The van der Waals surface area contributed by atoms with E-state index in [-0.39, 0.29) is 11.7 Å². The zero-order valence-electron chi connectivity index (χ0n) is 8.74. The van der Waals surface area contributed by atoms with Gasteiger partial charge in [0.25, 0.3) is 5.69 Å². The van der Waals surface area contributed by atoms with E-state index in [0.717, 1.165) is 5.56 Å². The number of hydrogen-bond acceptors (Lipinski definition) is 3. The molecule has 1 atom stereocenters. The molecule has 0 saturated carbocycles. The lowest BCUT2D eigenvalue weighted by Gasteiger charge is -2.07. The van der Waals surface area contributed by atoms with E-state index in [2.05, 4.69) is 27.2 Å². The minimum atomic E-state index is -0.418. The molecule has 0 bridgehead atoms. The lowest BCUT2D eigenvalue weighted by molar-refractivity contribution is -0.385. The summed E-state index contributed by atoms with van der Waals surface area (Å²) < 4.78 is 0.687. The topological polar surface area (TPSA) is 55.2 Å². The van der Waals surface area contributed by atoms with Crippen molar-refractivity contribution in [3.05, 3.63) is 38.3 Å². The van der Waals surface area contributed by atoms with E-state index in [1.54, 1.807) is 0 Å². The standard InChI is InChI=1S/C11H11BrN2O2/c1-3-8(2)13-7-9-4-10(12)6-11(5-9)14(15)16/h1,4-6,8,13H,7H2,2H3. The monoisotopic (exact) mass is 282 g/mol. The number of nitro groups is 1. The average Bonchev–Trinajstić information content (AvgIpc) is 2.25. The van der Waals surface area contributed by atoms with E-state index in [0.29, 0.717) is 11.0 Å². The van der Waals surface area contributed by atoms with Gasteiger partial charge >= 0.3 is 0 Å². The van der Waals surface area contributed by atoms with Gasteiger partial charge in [-0.3, -0.25) is 15.4 Å². The SMILES string of the molecule is C#CC(C)NCc1cc(Br)cc([N+](=O)[O-])c1. The molecular weight excluding hydrogens is 272 g/mol. The number of nitrogens with zero attached hydrogens (tertiary/aromatic N) is 1. The van der Waals surface area contributed by atoms with Gasteiger partial charge < -0.3 is 0 Å². The maximum absolute atomic E-state index is 10.6. The molecule has 0 aromatic heterocycles. The molecule has 1 aromatic carbocycles. The summed E-state index contributed by atoms with van der Waals surface area (Å²) in [6.45, 7) is 2.36. The molecule has 16 heavy (non-hydrogen) atoms. The Morgan fingerprint density at radius 2 is 2.31 bits per heavy atom. The van der Waals surface area contributed by atoms with Gasteiger partial charge in [-0.15, -0.1) is 6.42 Å². The van der Waals surface area contributed by atoms with Crippen LogP contribution < -0.4 is 5.32 Å². The number of hydrogen-bond donors (Lipinski definition) is 1. The van der Waals surface area contributed by atoms with E-state index in [1.807, 2.05) is 13.0 Å². The molecule has 1 rings (SSSR count). The Morgan fingerprint density at radius 3 is 2.88 bits per heavy atom. The number of halogens is 1. The smallest absolute Gasteiger partial charge is 0.270 e. The van der Waals surface area contributed by atoms with Crippen LogP contribution >= 0.6 is 15.9 Å². The molecule has 0 radical (unpaired) electrons. The van der Waals surface area contributed by atoms with Gasteiger partial charge in [0.2, 0.25) is 0 Å². The molecule has 0 spiro atoms. The maximum Gasteiger partial charge on any atom is 0.270 e. The zero-order valence-corrected chi connectivity index (χ0v) is 10.3. The normalized spacial score (nSPS) is 11.8. The second-order valence-electron chi connectivity index (χ2n) is 3.34. The van der Waals surface area contributed by atoms with Crippen molar-refractivity contribution in [3.63, 3.8) is 0 Å². The third-order valence-corrected chi connectivity index (χ3v) is 2.47. The molecule has 0 aliphatic heterocycles. The molecule has 0 amide bonds. The second-order valence-corrected chi connectivity index (χ2v) is 4.26. The molecule has 84 valence electrons. The first-order valence-corrected chi connectivity index (χ1v) is 5.45. The highest BCUT2D eigenvalue weighted by Crippen LogP contribution is 2.21.